The molecule has 4 nitrogen and oxygen atoms in total. The molecule has 0 aliphatic carbocycles. The number of hydrogen-bond acceptors (Lipinski definition) is 5. The number of aromatic nitrogens is 1. The summed E-state index contributed by atoms with van der Waals surface area (Å²) in [5.41, 5.74) is 1.31. The maximum atomic E-state index is 5.54. The Balaban J connectivity index is 2.26. The zero-order chi connectivity index (χ0) is 15.6. The van der Waals surface area contributed by atoms with E-state index in [0.29, 0.717) is 12.1 Å². The zero-order valence-electron chi connectivity index (χ0n) is 14.2. The summed E-state index contributed by atoms with van der Waals surface area (Å²) in [7, 11) is 0. The first-order chi connectivity index (χ1) is 9.79. The van der Waals surface area contributed by atoms with Crippen LogP contribution in [0.1, 0.15) is 52.1 Å². The Kier molecular flexibility index (Phi) is 5.28. The van der Waals surface area contributed by atoms with Crippen molar-refractivity contribution in [3.63, 3.8) is 0 Å². The molecule has 5 heteroatoms. The molecule has 0 spiro atoms. The molecule has 0 amide bonds. The molecular weight excluding hydrogens is 282 g/mol. The highest BCUT2D eigenvalue weighted by molar-refractivity contribution is 7.15. The predicted octanol–water partition coefficient (Wildman–Crippen LogP) is 3.16. The van der Waals surface area contributed by atoms with Crippen molar-refractivity contribution in [2.75, 3.05) is 24.7 Å². The van der Waals surface area contributed by atoms with Gasteiger partial charge in [-0.05, 0) is 6.92 Å². The van der Waals surface area contributed by atoms with Gasteiger partial charge in [-0.3, -0.25) is 0 Å². The molecular formula is C16H29N3OS. The lowest BCUT2D eigenvalue weighted by atomic mass is 9.91. The summed E-state index contributed by atoms with van der Waals surface area (Å²) in [6.45, 7) is 16.7. The number of rotatable bonds is 4. The third-order valence-corrected chi connectivity index (χ3v) is 4.77. The molecule has 1 aromatic rings. The Morgan fingerprint density at radius 3 is 2.71 bits per heavy atom. The lowest BCUT2D eigenvalue weighted by Gasteiger charge is -2.33. The lowest BCUT2D eigenvalue weighted by molar-refractivity contribution is 0.0989. The van der Waals surface area contributed by atoms with Gasteiger partial charge in [0.15, 0.2) is 5.13 Å². The van der Waals surface area contributed by atoms with Crippen LogP contribution >= 0.6 is 11.3 Å². The Morgan fingerprint density at radius 1 is 1.43 bits per heavy atom. The summed E-state index contributed by atoms with van der Waals surface area (Å²) < 4.78 is 5.54. The van der Waals surface area contributed by atoms with Gasteiger partial charge < -0.3 is 15.0 Å². The predicted molar refractivity (Wildman–Crippen MR) is 90.4 cm³/mol. The van der Waals surface area contributed by atoms with Crippen LogP contribution in [0.5, 0.6) is 0 Å². The second kappa shape index (κ2) is 6.63. The smallest absolute Gasteiger partial charge is 0.186 e. The zero-order valence-corrected chi connectivity index (χ0v) is 15.0. The largest absolute Gasteiger partial charge is 0.377 e. The topological polar surface area (TPSA) is 37.4 Å². The van der Waals surface area contributed by atoms with Crippen molar-refractivity contribution < 1.29 is 4.74 Å². The molecule has 21 heavy (non-hydrogen) atoms. The molecule has 1 saturated heterocycles. The molecule has 2 heterocycles. The van der Waals surface area contributed by atoms with E-state index in [1.54, 1.807) is 0 Å². The van der Waals surface area contributed by atoms with Gasteiger partial charge >= 0.3 is 0 Å². The fraction of sp³-hybridized carbons (Fsp3) is 0.812. The Hall–Kier alpha value is -0.650. The number of nitrogens with zero attached hydrogens (tertiary/aromatic N) is 2. The monoisotopic (exact) mass is 311 g/mol. The van der Waals surface area contributed by atoms with E-state index in [-0.39, 0.29) is 5.41 Å². The molecule has 0 aromatic carbocycles. The maximum absolute atomic E-state index is 5.54. The van der Waals surface area contributed by atoms with Gasteiger partial charge in [0, 0.05) is 29.4 Å². The van der Waals surface area contributed by atoms with Gasteiger partial charge in [0.1, 0.15) is 0 Å². The summed E-state index contributed by atoms with van der Waals surface area (Å²) in [4.78, 5) is 8.74. The van der Waals surface area contributed by atoms with Crippen LogP contribution in [-0.2, 0) is 16.7 Å². The second-order valence-electron chi connectivity index (χ2n) is 7.17. The number of ether oxygens (including phenoxy) is 1. The fourth-order valence-electron chi connectivity index (χ4n) is 2.48. The molecule has 0 saturated carbocycles. The summed E-state index contributed by atoms with van der Waals surface area (Å²) >= 11 is 1.84. The first-order valence-electron chi connectivity index (χ1n) is 7.87. The van der Waals surface area contributed by atoms with E-state index in [1.807, 2.05) is 11.3 Å². The number of nitrogens with one attached hydrogen (secondary N) is 1. The van der Waals surface area contributed by atoms with Crippen LogP contribution in [0.2, 0.25) is 0 Å². The van der Waals surface area contributed by atoms with Crippen LogP contribution in [0.15, 0.2) is 0 Å². The molecule has 0 bridgehead atoms. The first kappa shape index (κ1) is 16.7. The van der Waals surface area contributed by atoms with Crippen molar-refractivity contribution in [3.05, 3.63) is 10.6 Å². The highest BCUT2D eigenvalue weighted by Crippen LogP contribution is 2.35. The standard InChI is InChI=1S/C16H29N3OS/c1-11(2)17-9-13-14(16(4,5)6)18-15(21-13)19-7-8-20-10-12(19)3/h11-12,17H,7-10H2,1-6H3. The van der Waals surface area contributed by atoms with Crippen molar-refractivity contribution in [2.24, 2.45) is 0 Å². The lowest BCUT2D eigenvalue weighted by Crippen LogP contribution is -2.43. The van der Waals surface area contributed by atoms with Gasteiger partial charge in [-0.15, -0.1) is 11.3 Å². The third-order valence-electron chi connectivity index (χ3n) is 3.68. The van der Waals surface area contributed by atoms with Crippen LogP contribution in [0.25, 0.3) is 0 Å². The normalized spacial score (nSPS) is 20.3. The minimum atomic E-state index is 0.0816. The number of hydrogen-bond donors (Lipinski definition) is 1. The Bertz CT molecular complexity index is 465. The average molecular weight is 311 g/mol. The summed E-state index contributed by atoms with van der Waals surface area (Å²) in [6.07, 6.45) is 0. The van der Waals surface area contributed by atoms with E-state index in [2.05, 4.69) is 51.8 Å². The van der Waals surface area contributed by atoms with Crippen LogP contribution in [0.4, 0.5) is 5.13 Å². The van der Waals surface area contributed by atoms with Crippen LogP contribution < -0.4 is 10.2 Å². The van der Waals surface area contributed by atoms with Crippen molar-refractivity contribution >= 4 is 16.5 Å². The fourth-order valence-corrected chi connectivity index (χ4v) is 3.83. The van der Waals surface area contributed by atoms with E-state index in [9.17, 15) is 0 Å². The highest BCUT2D eigenvalue weighted by atomic mass is 32.1. The van der Waals surface area contributed by atoms with Gasteiger partial charge in [-0.1, -0.05) is 34.6 Å². The van der Waals surface area contributed by atoms with Gasteiger partial charge in [0.25, 0.3) is 0 Å². The Morgan fingerprint density at radius 2 is 2.14 bits per heavy atom. The molecule has 1 fully saturated rings. The highest BCUT2D eigenvalue weighted by Gasteiger charge is 2.27. The maximum Gasteiger partial charge on any atom is 0.186 e. The molecule has 0 radical (unpaired) electrons. The molecule has 1 aliphatic heterocycles. The number of thiazole rings is 1. The summed E-state index contributed by atoms with van der Waals surface area (Å²) in [5, 5.41) is 4.68. The summed E-state index contributed by atoms with van der Waals surface area (Å²) in [6, 6.07) is 0.898. The third kappa shape index (κ3) is 4.18. The average Bonchev–Trinajstić information content (AvgIpc) is 2.81. The molecule has 1 N–H and O–H groups in total. The minimum absolute atomic E-state index is 0.0816. The number of morpholine rings is 1. The molecule has 120 valence electrons. The van der Waals surface area contributed by atoms with E-state index in [4.69, 9.17) is 9.72 Å². The van der Waals surface area contributed by atoms with Crippen molar-refractivity contribution in [3.8, 4) is 0 Å². The van der Waals surface area contributed by atoms with Gasteiger partial charge in [-0.2, -0.15) is 0 Å². The van der Waals surface area contributed by atoms with Crippen LogP contribution in [-0.4, -0.2) is 36.8 Å². The summed E-state index contributed by atoms with van der Waals surface area (Å²) in [5.74, 6) is 0. The molecule has 2 rings (SSSR count). The van der Waals surface area contributed by atoms with E-state index in [1.165, 1.54) is 10.6 Å². The molecule has 1 unspecified atom stereocenters. The van der Waals surface area contributed by atoms with Crippen molar-refractivity contribution in [1.29, 1.82) is 0 Å². The van der Waals surface area contributed by atoms with E-state index >= 15 is 0 Å². The molecule has 1 aliphatic rings. The van der Waals surface area contributed by atoms with Crippen molar-refractivity contribution in [2.45, 2.75) is 65.6 Å². The van der Waals surface area contributed by atoms with Crippen LogP contribution in [0.3, 0.4) is 0 Å². The van der Waals surface area contributed by atoms with Gasteiger partial charge in [0.2, 0.25) is 0 Å². The van der Waals surface area contributed by atoms with Gasteiger partial charge in [0.05, 0.1) is 24.9 Å². The number of anilines is 1. The van der Waals surface area contributed by atoms with Crippen molar-refractivity contribution in [1.82, 2.24) is 10.3 Å². The first-order valence-corrected chi connectivity index (χ1v) is 8.68. The molecule has 1 aromatic heterocycles. The minimum Gasteiger partial charge on any atom is -0.377 e. The van der Waals surface area contributed by atoms with E-state index in [0.717, 1.165) is 31.4 Å². The van der Waals surface area contributed by atoms with Gasteiger partial charge in [-0.25, -0.2) is 4.98 Å². The Labute approximate surface area is 132 Å². The quantitative estimate of drug-likeness (QED) is 0.927. The van der Waals surface area contributed by atoms with Crippen LogP contribution in [0, 0.1) is 0 Å². The molecule has 1 atom stereocenters. The van der Waals surface area contributed by atoms with E-state index < -0.39 is 0 Å². The SMILES string of the molecule is CC(C)NCc1sc(N2CCOCC2C)nc1C(C)(C)C. The second-order valence-corrected chi connectivity index (χ2v) is 8.23.